The van der Waals surface area contributed by atoms with E-state index in [-0.39, 0.29) is 0 Å². The minimum atomic E-state index is 0.865. The van der Waals surface area contributed by atoms with Gasteiger partial charge in [-0.15, -0.1) is 0 Å². The summed E-state index contributed by atoms with van der Waals surface area (Å²) in [4.78, 5) is 19.6. The second-order valence-corrected chi connectivity index (χ2v) is 9.21. The average molecular weight is 474 g/mol. The van der Waals surface area contributed by atoms with E-state index in [9.17, 15) is 0 Å². The number of aromatic nitrogens is 5. The summed E-state index contributed by atoms with van der Waals surface area (Å²) in [6.07, 6.45) is 3.84. The largest absolute Gasteiger partial charge is 0.284 e. The van der Waals surface area contributed by atoms with Crippen molar-refractivity contribution in [3.8, 4) is 22.5 Å². The van der Waals surface area contributed by atoms with Gasteiger partial charge in [0.05, 0.1) is 22.4 Å². The van der Waals surface area contributed by atoms with Gasteiger partial charge >= 0.3 is 0 Å². The third-order valence-corrected chi connectivity index (χ3v) is 7.05. The Morgan fingerprint density at radius 2 is 1.27 bits per heavy atom. The van der Waals surface area contributed by atoms with E-state index in [0.717, 1.165) is 71.9 Å². The topological polar surface area (TPSA) is 56.0 Å². The molecule has 8 aromatic rings. The number of hydrogen-bond donors (Lipinski definition) is 0. The fraction of sp³-hybridized carbons (Fsp3) is 0. The van der Waals surface area contributed by atoms with Gasteiger partial charge in [0, 0.05) is 45.1 Å². The smallest absolute Gasteiger partial charge is 0.165 e. The van der Waals surface area contributed by atoms with Gasteiger partial charge in [-0.3, -0.25) is 9.38 Å². The standard InChI is InChI=1S/C32H19N5/c1-2-8-25-24(7-1)28(36-32-31(25)35-27-9-3-4-19-37(27)32)22-12-10-20(11-13-22)26-17-16-23-15-14-21-6-5-18-33-29(21)30(23)34-26/h1-19H. The van der Waals surface area contributed by atoms with Gasteiger partial charge in [0.1, 0.15) is 11.2 Å². The molecule has 0 fully saturated rings. The third kappa shape index (κ3) is 3.04. The third-order valence-electron chi connectivity index (χ3n) is 7.05. The van der Waals surface area contributed by atoms with Gasteiger partial charge in [0.15, 0.2) is 5.65 Å². The first kappa shape index (κ1) is 20.1. The van der Waals surface area contributed by atoms with E-state index in [1.54, 1.807) is 0 Å². The fourth-order valence-corrected chi connectivity index (χ4v) is 5.24. The van der Waals surface area contributed by atoms with Crippen molar-refractivity contribution in [1.29, 1.82) is 0 Å². The summed E-state index contributed by atoms with van der Waals surface area (Å²) < 4.78 is 2.05. The normalized spacial score (nSPS) is 11.8. The number of pyridine rings is 4. The fourth-order valence-electron chi connectivity index (χ4n) is 5.24. The maximum atomic E-state index is 5.12. The molecular weight excluding hydrogens is 454 g/mol. The van der Waals surface area contributed by atoms with Crippen molar-refractivity contribution < 1.29 is 0 Å². The molecule has 172 valence electrons. The molecule has 8 rings (SSSR count). The quantitative estimate of drug-likeness (QED) is 0.244. The summed E-state index contributed by atoms with van der Waals surface area (Å²) in [7, 11) is 0. The molecule has 0 amide bonds. The van der Waals surface area contributed by atoms with E-state index in [0.29, 0.717) is 0 Å². The second-order valence-electron chi connectivity index (χ2n) is 9.21. The van der Waals surface area contributed by atoms with Crippen LogP contribution in [0.2, 0.25) is 0 Å². The highest BCUT2D eigenvalue weighted by atomic mass is 15.1. The monoisotopic (exact) mass is 473 g/mol. The molecule has 0 saturated carbocycles. The lowest BCUT2D eigenvalue weighted by Crippen LogP contribution is -1.92. The van der Waals surface area contributed by atoms with Gasteiger partial charge in [-0.2, -0.15) is 0 Å². The SMILES string of the molecule is c1cnc2c(c1)ccc1ccc(-c3ccc(-c4nc5c(nc6ccccn65)c5ccccc45)cc3)nc12. The number of hydrogen-bond acceptors (Lipinski definition) is 4. The molecule has 5 heterocycles. The Kier molecular flexibility index (Phi) is 4.16. The van der Waals surface area contributed by atoms with Gasteiger partial charge < -0.3 is 0 Å². The zero-order chi connectivity index (χ0) is 24.3. The van der Waals surface area contributed by atoms with Crippen molar-refractivity contribution in [2.45, 2.75) is 0 Å². The van der Waals surface area contributed by atoms with Crippen LogP contribution >= 0.6 is 0 Å². The molecule has 5 aromatic heterocycles. The van der Waals surface area contributed by atoms with Gasteiger partial charge in [-0.25, -0.2) is 15.0 Å². The average Bonchev–Trinajstić information content (AvgIpc) is 3.35. The highest BCUT2D eigenvalue weighted by Crippen LogP contribution is 2.34. The molecule has 0 aliphatic heterocycles. The lowest BCUT2D eigenvalue weighted by atomic mass is 10.0. The van der Waals surface area contributed by atoms with E-state index < -0.39 is 0 Å². The van der Waals surface area contributed by atoms with Crippen molar-refractivity contribution in [2.75, 3.05) is 0 Å². The van der Waals surface area contributed by atoms with Crippen molar-refractivity contribution >= 4 is 49.4 Å². The first-order chi connectivity index (χ1) is 18.3. The number of benzene rings is 3. The summed E-state index contributed by atoms with van der Waals surface area (Å²) in [5.41, 5.74) is 8.51. The Morgan fingerprint density at radius 3 is 2.16 bits per heavy atom. The van der Waals surface area contributed by atoms with Crippen LogP contribution < -0.4 is 0 Å². The van der Waals surface area contributed by atoms with Crippen LogP contribution in [0.3, 0.4) is 0 Å². The predicted octanol–water partition coefficient (Wildman–Crippen LogP) is 7.47. The van der Waals surface area contributed by atoms with Crippen molar-refractivity contribution in [3.05, 3.63) is 116 Å². The summed E-state index contributed by atoms with van der Waals surface area (Å²) in [6.45, 7) is 0. The van der Waals surface area contributed by atoms with Gasteiger partial charge in [0.25, 0.3) is 0 Å². The van der Waals surface area contributed by atoms with Gasteiger partial charge in [-0.1, -0.05) is 78.9 Å². The number of fused-ring (bicyclic) bond motifs is 8. The van der Waals surface area contributed by atoms with Crippen LogP contribution in [0.1, 0.15) is 0 Å². The van der Waals surface area contributed by atoms with E-state index in [1.165, 1.54) is 0 Å². The minimum absolute atomic E-state index is 0.865. The maximum absolute atomic E-state index is 5.12. The van der Waals surface area contributed by atoms with E-state index >= 15 is 0 Å². The second kappa shape index (κ2) is 7.67. The summed E-state index contributed by atoms with van der Waals surface area (Å²) in [6, 6.07) is 35.3. The van der Waals surface area contributed by atoms with Crippen LogP contribution in [0.4, 0.5) is 0 Å². The van der Waals surface area contributed by atoms with Crippen LogP contribution in [0, 0.1) is 0 Å². The predicted molar refractivity (Wildman–Crippen MR) is 149 cm³/mol. The number of nitrogens with zero attached hydrogens (tertiary/aromatic N) is 5. The molecule has 0 unspecified atom stereocenters. The first-order valence-electron chi connectivity index (χ1n) is 12.2. The summed E-state index contributed by atoms with van der Waals surface area (Å²) in [5, 5.41) is 4.37. The van der Waals surface area contributed by atoms with E-state index in [1.807, 2.05) is 36.7 Å². The van der Waals surface area contributed by atoms with E-state index in [4.69, 9.17) is 15.0 Å². The van der Waals surface area contributed by atoms with Crippen molar-refractivity contribution in [3.63, 3.8) is 0 Å². The molecule has 0 radical (unpaired) electrons. The highest BCUT2D eigenvalue weighted by molar-refractivity contribution is 6.09. The van der Waals surface area contributed by atoms with Crippen LogP contribution in [0.15, 0.2) is 116 Å². The highest BCUT2D eigenvalue weighted by Gasteiger charge is 2.15. The zero-order valence-corrected chi connectivity index (χ0v) is 19.7. The molecule has 0 bridgehead atoms. The first-order valence-corrected chi connectivity index (χ1v) is 12.2. The number of imidazole rings is 1. The van der Waals surface area contributed by atoms with Crippen LogP contribution in [-0.2, 0) is 0 Å². The molecule has 5 heteroatoms. The minimum Gasteiger partial charge on any atom is -0.284 e. The molecule has 0 aliphatic carbocycles. The summed E-state index contributed by atoms with van der Waals surface area (Å²) in [5.74, 6) is 0. The molecule has 0 aliphatic rings. The van der Waals surface area contributed by atoms with Crippen molar-refractivity contribution in [2.24, 2.45) is 0 Å². The van der Waals surface area contributed by atoms with Gasteiger partial charge in [-0.05, 0) is 24.3 Å². The Labute approximate surface area is 211 Å². The molecule has 0 spiro atoms. The molecule has 3 aromatic carbocycles. The molecule has 5 nitrogen and oxygen atoms in total. The van der Waals surface area contributed by atoms with Crippen LogP contribution in [0.25, 0.3) is 71.9 Å². The maximum Gasteiger partial charge on any atom is 0.165 e. The lowest BCUT2D eigenvalue weighted by molar-refractivity contribution is 1.19. The Balaban J connectivity index is 1.29. The van der Waals surface area contributed by atoms with Crippen LogP contribution in [0.5, 0.6) is 0 Å². The molecule has 0 atom stereocenters. The number of rotatable bonds is 2. The molecule has 37 heavy (non-hydrogen) atoms. The Hall–Kier alpha value is -5.16. The molecule has 0 N–H and O–H groups in total. The van der Waals surface area contributed by atoms with Crippen LogP contribution in [-0.4, -0.2) is 24.3 Å². The summed E-state index contributed by atoms with van der Waals surface area (Å²) >= 11 is 0. The Bertz CT molecular complexity index is 2140. The lowest BCUT2D eigenvalue weighted by Gasteiger charge is -2.09. The van der Waals surface area contributed by atoms with Gasteiger partial charge in [0.2, 0.25) is 0 Å². The molecular formula is C32H19N5. The van der Waals surface area contributed by atoms with Crippen molar-refractivity contribution in [1.82, 2.24) is 24.3 Å². The Morgan fingerprint density at radius 1 is 0.514 bits per heavy atom. The van der Waals surface area contributed by atoms with E-state index in [2.05, 4.69) is 88.2 Å². The molecule has 0 saturated heterocycles. The zero-order valence-electron chi connectivity index (χ0n) is 19.7.